The fourth-order valence-electron chi connectivity index (χ4n) is 9.41. The van der Waals surface area contributed by atoms with Crippen LogP contribution in [-0.4, -0.2) is 89.2 Å². The van der Waals surface area contributed by atoms with Crippen molar-refractivity contribution < 1.29 is 58.2 Å². The van der Waals surface area contributed by atoms with Gasteiger partial charge in [0.15, 0.2) is 24.6 Å². The number of unbranched alkanes of at least 4 members (excludes halogenated alkanes) is 28. The Labute approximate surface area is 480 Å². The molecule has 3 N–H and O–H groups in total. The largest absolute Gasteiger partial charge is 0.479 e. The third-order valence-electron chi connectivity index (χ3n) is 14.3. The Morgan fingerprint density at radius 3 is 1.29 bits per heavy atom. The molecule has 0 saturated carbocycles. The maximum absolute atomic E-state index is 13.1. The van der Waals surface area contributed by atoms with Crippen LogP contribution in [0, 0.1) is 0 Å². The molecule has 1 aliphatic heterocycles. The summed E-state index contributed by atoms with van der Waals surface area (Å²) in [5.74, 6) is -3.23. The monoisotopic (exact) mass is 1110 g/mol. The van der Waals surface area contributed by atoms with Gasteiger partial charge in [-0.2, -0.15) is 0 Å². The van der Waals surface area contributed by atoms with Gasteiger partial charge in [0.1, 0.15) is 18.8 Å². The molecular weight excluding hydrogens is 997 g/mol. The summed E-state index contributed by atoms with van der Waals surface area (Å²) in [6, 6.07) is 0. The van der Waals surface area contributed by atoms with E-state index < -0.39 is 67.3 Å². The van der Waals surface area contributed by atoms with Crippen molar-refractivity contribution in [3.8, 4) is 0 Å². The third-order valence-corrected chi connectivity index (χ3v) is 14.3. The van der Waals surface area contributed by atoms with Crippen molar-refractivity contribution in [3.05, 3.63) is 72.9 Å². The minimum atomic E-state index is -1.91. The van der Waals surface area contributed by atoms with Gasteiger partial charge in [-0.05, 0) is 77.0 Å². The Hall–Kier alpha value is -3.84. The van der Waals surface area contributed by atoms with E-state index in [4.69, 9.17) is 23.7 Å². The fraction of sp³-hybridized carbons (Fsp3) is 0.761. The number of carboxylic acids is 1. The van der Waals surface area contributed by atoms with Crippen molar-refractivity contribution in [3.63, 3.8) is 0 Å². The van der Waals surface area contributed by atoms with E-state index in [1.54, 1.807) is 0 Å². The lowest BCUT2D eigenvalue weighted by Gasteiger charge is -2.40. The summed E-state index contributed by atoms with van der Waals surface area (Å²) in [4.78, 5) is 51.2. The van der Waals surface area contributed by atoms with E-state index in [1.807, 2.05) is 12.2 Å². The summed E-state index contributed by atoms with van der Waals surface area (Å²) in [6.07, 6.45) is 57.4. The van der Waals surface area contributed by atoms with Crippen molar-refractivity contribution in [1.29, 1.82) is 0 Å². The molecule has 1 heterocycles. The van der Waals surface area contributed by atoms with Gasteiger partial charge in [0, 0.05) is 19.3 Å². The first-order valence-electron chi connectivity index (χ1n) is 31.9. The van der Waals surface area contributed by atoms with Gasteiger partial charge in [-0.3, -0.25) is 14.4 Å². The van der Waals surface area contributed by atoms with Crippen LogP contribution in [0.15, 0.2) is 72.9 Å². The highest BCUT2D eigenvalue weighted by atomic mass is 16.7. The quantitative estimate of drug-likeness (QED) is 0.0228. The number of carbonyl (C=O) groups excluding carboxylic acids is 3. The zero-order valence-electron chi connectivity index (χ0n) is 50.1. The average Bonchev–Trinajstić information content (AvgIpc) is 3.43. The number of allylic oxidation sites excluding steroid dienone is 12. The van der Waals surface area contributed by atoms with E-state index in [-0.39, 0.29) is 25.9 Å². The number of ether oxygens (including phenoxy) is 5. The van der Waals surface area contributed by atoms with Crippen LogP contribution in [0.5, 0.6) is 0 Å². The molecule has 0 aromatic rings. The van der Waals surface area contributed by atoms with Gasteiger partial charge >= 0.3 is 23.9 Å². The van der Waals surface area contributed by atoms with Crippen molar-refractivity contribution in [1.82, 2.24) is 0 Å². The SMILES string of the molecule is CC/C=C\C/C=C\C/C=C\C/C=C\CCC(=O)OC(COC(=O)CCCCCCCCC/C=C\C/C=C\CCCCC)COC1OC(C(=O)O)C(O)C(O)C1OC(=O)CCCCCCCCCCCCCCCCCCCCC. The molecule has 0 amide bonds. The van der Waals surface area contributed by atoms with Gasteiger partial charge < -0.3 is 39.0 Å². The zero-order chi connectivity index (χ0) is 57.5. The van der Waals surface area contributed by atoms with Crippen LogP contribution in [-0.2, 0) is 42.9 Å². The molecule has 454 valence electrons. The second-order valence-electron chi connectivity index (χ2n) is 21.7. The highest BCUT2D eigenvalue weighted by Crippen LogP contribution is 2.27. The minimum absolute atomic E-state index is 0.0395. The molecule has 0 spiro atoms. The normalized spacial score (nSPS) is 18.3. The number of carboxylic acid groups (broad SMARTS) is 1. The van der Waals surface area contributed by atoms with Gasteiger partial charge in [-0.15, -0.1) is 0 Å². The lowest BCUT2D eigenvalue weighted by atomic mass is 9.98. The van der Waals surface area contributed by atoms with Gasteiger partial charge in [0.25, 0.3) is 0 Å². The van der Waals surface area contributed by atoms with Gasteiger partial charge in [-0.25, -0.2) is 4.79 Å². The van der Waals surface area contributed by atoms with Crippen LogP contribution in [0.4, 0.5) is 0 Å². The number of aliphatic hydroxyl groups is 2. The van der Waals surface area contributed by atoms with E-state index >= 15 is 0 Å². The first-order chi connectivity index (χ1) is 38.6. The van der Waals surface area contributed by atoms with E-state index in [2.05, 4.69) is 81.5 Å². The summed E-state index contributed by atoms with van der Waals surface area (Å²) in [5.41, 5.74) is 0. The van der Waals surface area contributed by atoms with Crippen LogP contribution in [0.3, 0.4) is 0 Å². The van der Waals surface area contributed by atoms with E-state index in [0.717, 1.165) is 83.5 Å². The number of aliphatic hydroxyl groups excluding tert-OH is 2. The van der Waals surface area contributed by atoms with Gasteiger partial charge in [-0.1, -0.05) is 254 Å². The Balaban J connectivity index is 2.66. The maximum Gasteiger partial charge on any atom is 0.335 e. The molecule has 0 aliphatic carbocycles. The molecule has 6 atom stereocenters. The standard InChI is InChI=1S/C67H114O12/c1-4-7-10-13-16-19-22-25-27-29-30-32-34-37-40-43-46-49-52-55-61(70)78-65-63(72)62(71)64(66(73)74)79-67(65)76-57-58(77-60(69)54-51-48-45-42-39-35-24-21-18-15-12-9-6-3)56-75-59(68)53-50-47-44-41-38-36-33-31-28-26-23-20-17-14-11-8-5-2/h9,12,17-18,20-21,26,28,35,39,45,48,58,62-65,67,71-72H,4-8,10-11,13-16,19,22-25,27,29-34,36-38,40-44,46-47,49-57H2,1-3H3,(H,73,74)/b12-9-,20-17-,21-18-,28-26-,39-35-,48-45-. The van der Waals surface area contributed by atoms with Crippen LogP contribution in [0.2, 0.25) is 0 Å². The first kappa shape index (κ1) is 73.2. The highest BCUT2D eigenvalue weighted by molar-refractivity contribution is 5.74. The smallest absolute Gasteiger partial charge is 0.335 e. The van der Waals surface area contributed by atoms with E-state index in [0.29, 0.717) is 25.7 Å². The second-order valence-corrected chi connectivity index (χ2v) is 21.7. The molecule has 1 rings (SSSR count). The molecule has 0 aromatic carbocycles. The minimum Gasteiger partial charge on any atom is -0.479 e. The number of carbonyl (C=O) groups is 4. The van der Waals surface area contributed by atoms with Crippen LogP contribution < -0.4 is 0 Å². The Morgan fingerprint density at radius 1 is 0.430 bits per heavy atom. The lowest BCUT2D eigenvalue weighted by Crippen LogP contribution is -2.61. The predicted octanol–water partition coefficient (Wildman–Crippen LogP) is 16.9. The summed E-state index contributed by atoms with van der Waals surface area (Å²) in [7, 11) is 0. The van der Waals surface area contributed by atoms with Crippen LogP contribution in [0.25, 0.3) is 0 Å². The van der Waals surface area contributed by atoms with Crippen molar-refractivity contribution in [2.75, 3.05) is 13.2 Å². The predicted molar refractivity (Wildman–Crippen MR) is 322 cm³/mol. The topological polar surface area (TPSA) is 175 Å². The fourth-order valence-corrected chi connectivity index (χ4v) is 9.41. The molecule has 12 heteroatoms. The molecule has 0 radical (unpaired) electrons. The number of hydrogen-bond acceptors (Lipinski definition) is 11. The lowest BCUT2D eigenvalue weighted by molar-refractivity contribution is -0.301. The molecule has 12 nitrogen and oxygen atoms in total. The molecular formula is C67H114O12. The molecule has 0 bridgehead atoms. The average molecular weight is 1110 g/mol. The van der Waals surface area contributed by atoms with Crippen LogP contribution >= 0.6 is 0 Å². The molecule has 0 aromatic heterocycles. The first-order valence-corrected chi connectivity index (χ1v) is 31.9. The number of rotatable bonds is 54. The van der Waals surface area contributed by atoms with Gasteiger partial charge in [0.2, 0.25) is 0 Å². The Bertz CT molecular complexity index is 1650. The summed E-state index contributed by atoms with van der Waals surface area (Å²) in [5, 5.41) is 31.6. The third kappa shape index (κ3) is 44.5. The summed E-state index contributed by atoms with van der Waals surface area (Å²) < 4.78 is 28.4. The second kappa shape index (κ2) is 54.7. The summed E-state index contributed by atoms with van der Waals surface area (Å²) in [6.45, 7) is 5.81. The van der Waals surface area contributed by atoms with Crippen molar-refractivity contribution >= 4 is 23.9 Å². The molecule has 1 saturated heterocycles. The van der Waals surface area contributed by atoms with Crippen molar-refractivity contribution in [2.24, 2.45) is 0 Å². The molecule has 79 heavy (non-hydrogen) atoms. The van der Waals surface area contributed by atoms with Crippen molar-refractivity contribution in [2.45, 2.75) is 314 Å². The van der Waals surface area contributed by atoms with Crippen LogP contribution in [0.1, 0.15) is 278 Å². The Kier molecular flexibility index (Phi) is 50.7. The number of aliphatic carboxylic acids is 1. The molecule has 1 aliphatic rings. The van der Waals surface area contributed by atoms with Gasteiger partial charge in [0.05, 0.1) is 6.61 Å². The number of esters is 3. The molecule has 1 fully saturated rings. The highest BCUT2D eigenvalue weighted by Gasteiger charge is 2.50. The summed E-state index contributed by atoms with van der Waals surface area (Å²) >= 11 is 0. The van der Waals surface area contributed by atoms with E-state index in [9.17, 15) is 34.5 Å². The number of hydrogen-bond donors (Lipinski definition) is 3. The maximum atomic E-state index is 13.1. The van der Waals surface area contributed by atoms with E-state index in [1.165, 1.54) is 128 Å². The zero-order valence-corrected chi connectivity index (χ0v) is 50.1. The Morgan fingerprint density at radius 2 is 0.823 bits per heavy atom. The molecule has 6 unspecified atom stereocenters.